The Morgan fingerprint density at radius 2 is 2.05 bits per heavy atom. The molecular formula is C15H16ClNO3. The van der Waals surface area contributed by atoms with E-state index in [1.807, 2.05) is 19.1 Å². The number of aliphatic hydroxyl groups is 1. The largest absolute Gasteiger partial charge is 0.495 e. The van der Waals surface area contributed by atoms with E-state index in [0.717, 1.165) is 11.3 Å². The predicted molar refractivity (Wildman–Crippen MR) is 79.3 cm³/mol. The number of aromatic nitrogens is 1. The number of rotatable bonds is 4. The van der Waals surface area contributed by atoms with Crippen molar-refractivity contribution < 1.29 is 9.84 Å². The fourth-order valence-corrected chi connectivity index (χ4v) is 2.39. The molecule has 0 bridgehead atoms. The molecule has 0 radical (unpaired) electrons. The molecule has 0 spiro atoms. The van der Waals surface area contributed by atoms with Crippen molar-refractivity contribution in [3.05, 3.63) is 51.3 Å². The number of pyridine rings is 1. The van der Waals surface area contributed by atoms with E-state index in [1.54, 1.807) is 29.9 Å². The molecule has 4 nitrogen and oxygen atoms in total. The Morgan fingerprint density at radius 1 is 1.30 bits per heavy atom. The standard InChI is InChI=1S/C15H16ClNO3/c1-3-17-13(6-4-11(9-18)15(17)19)10-5-7-14(20-2)12(16)8-10/h4-8,18H,3,9H2,1-2H3. The van der Waals surface area contributed by atoms with Crippen molar-refractivity contribution in [1.29, 1.82) is 0 Å². The minimum atomic E-state index is -0.261. The van der Waals surface area contributed by atoms with Crippen molar-refractivity contribution in [3.63, 3.8) is 0 Å². The second-order valence-corrected chi connectivity index (χ2v) is 4.71. The molecule has 0 fully saturated rings. The Labute approximate surface area is 122 Å². The molecule has 0 amide bonds. The van der Waals surface area contributed by atoms with Crippen LogP contribution in [0, 0.1) is 0 Å². The van der Waals surface area contributed by atoms with E-state index in [4.69, 9.17) is 21.4 Å². The summed E-state index contributed by atoms with van der Waals surface area (Å²) in [5.41, 5.74) is 1.80. The molecule has 5 heteroatoms. The maximum Gasteiger partial charge on any atom is 0.256 e. The van der Waals surface area contributed by atoms with Gasteiger partial charge >= 0.3 is 0 Å². The van der Waals surface area contributed by atoms with Gasteiger partial charge in [0.15, 0.2) is 0 Å². The highest BCUT2D eigenvalue weighted by molar-refractivity contribution is 6.32. The normalized spacial score (nSPS) is 10.6. The highest BCUT2D eigenvalue weighted by Crippen LogP contribution is 2.29. The lowest BCUT2D eigenvalue weighted by Crippen LogP contribution is -2.24. The van der Waals surface area contributed by atoms with Crippen molar-refractivity contribution in [3.8, 4) is 17.0 Å². The maximum absolute atomic E-state index is 12.2. The Hall–Kier alpha value is -1.78. The first kappa shape index (κ1) is 14.6. The van der Waals surface area contributed by atoms with Crippen LogP contribution >= 0.6 is 11.6 Å². The van der Waals surface area contributed by atoms with Gasteiger partial charge in [-0.15, -0.1) is 0 Å². The van der Waals surface area contributed by atoms with Crippen molar-refractivity contribution in [2.45, 2.75) is 20.1 Å². The van der Waals surface area contributed by atoms with Gasteiger partial charge in [-0.2, -0.15) is 0 Å². The summed E-state index contributed by atoms with van der Waals surface area (Å²) in [6.07, 6.45) is 0. The summed E-state index contributed by atoms with van der Waals surface area (Å²) >= 11 is 6.12. The first-order valence-corrected chi connectivity index (χ1v) is 6.67. The summed E-state index contributed by atoms with van der Waals surface area (Å²) < 4.78 is 6.73. The van der Waals surface area contributed by atoms with E-state index >= 15 is 0 Å². The molecular weight excluding hydrogens is 278 g/mol. The molecule has 0 saturated carbocycles. The quantitative estimate of drug-likeness (QED) is 0.943. The first-order chi connectivity index (χ1) is 9.62. The summed E-state index contributed by atoms with van der Waals surface area (Å²) in [7, 11) is 1.55. The van der Waals surface area contributed by atoms with Gasteiger partial charge in [-0.05, 0) is 42.8 Å². The van der Waals surface area contributed by atoms with Crippen LogP contribution in [0.1, 0.15) is 12.5 Å². The molecule has 0 saturated heterocycles. The SMILES string of the molecule is CCn1c(-c2ccc(OC)c(Cl)c2)ccc(CO)c1=O. The van der Waals surface area contributed by atoms with Gasteiger partial charge in [0.1, 0.15) is 5.75 Å². The molecule has 0 aliphatic carbocycles. The van der Waals surface area contributed by atoms with Gasteiger partial charge in [-0.3, -0.25) is 4.79 Å². The van der Waals surface area contributed by atoms with Crippen molar-refractivity contribution >= 4 is 11.6 Å². The second-order valence-electron chi connectivity index (χ2n) is 4.30. The molecule has 1 heterocycles. The molecule has 106 valence electrons. The molecule has 0 aliphatic rings. The zero-order valence-corrected chi connectivity index (χ0v) is 12.1. The van der Waals surface area contributed by atoms with E-state index in [1.165, 1.54) is 0 Å². The number of ether oxygens (including phenoxy) is 1. The molecule has 1 aromatic heterocycles. The first-order valence-electron chi connectivity index (χ1n) is 6.29. The van der Waals surface area contributed by atoms with Crippen LogP contribution < -0.4 is 10.3 Å². The number of halogens is 1. The van der Waals surface area contributed by atoms with E-state index in [0.29, 0.717) is 22.9 Å². The monoisotopic (exact) mass is 293 g/mol. The summed E-state index contributed by atoms with van der Waals surface area (Å²) in [4.78, 5) is 12.2. The van der Waals surface area contributed by atoms with E-state index in [2.05, 4.69) is 0 Å². The Bertz CT molecular complexity index is 679. The van der Waals surface area contributed by atoms with Crippen LogP contribution in [-0.2, 0) is 13.2 Å². The third-order valence-electron chi connectivity index (χ3n) is 3.19. The van der Waals surface area contributed by atoms with Gasteiger partial charge < -0.3 is 14.4 Å². The molecule has 20 heavy (non-hydrogen) atoms. The lowest BCUT2D eigenvalue weighted by molar-refractivity contribution is 0.279. The van der Waals surface area contributed by atoms with E-state index in [9.17, 15) is 4.79 Å². The van der Waals surface area contributed by atoms with Crippen molar-refractivity contribution in [2.75, 3.05) is 7.11 Å². The number of nitrogens with zero attached hydrogens (tertiary/aromatic N) is 1. The number of benzene rings is 1. The molecule has 0 atom stereocenters. The third-order valence-corrected chi connectivity index (χ3v) is 3.48. The molecule has 2 aromatic rings. The average Bonchev–Trinajstić information content (AvgIpc) is 2.46. The number of hydrogen-bond acceptors (Lipinski definition) is 3. The summed E-state index contributed by atoms with van der Waals surface area (Å²) in [6, 6.07) is 8.84. The zero-order chi connectivity index (χ0) is 14.7. The number of methoxy groups -OCH3 is 1. The summed E-state index contributed by atoms with van der Waals surface area (Å²) in [5, 5.41) is 9.65. The predicted octanol–water partition coefficient (Wildman–Crippen LogP) is 2.69. The number of aliphatic hydroxyl groups excluding tert-OH is 1. The topological polar surface area (TPSA) is 51.5 Å². The highest BCUT2D eigenvalue weighted by atomic mass is 35.5. The van der Waals surface area contributed by atoms with Crippen LogP contribution in [0.15, 0.2) is 35.1 Å². The lowest BCUT2D eigenvalue weighted by Gasteiger charge is -2.13. The highest BCUT2D eigenvalue weighted by Gasteiger charge is 2.10. The molecule has 0 aliphatic heterocycles. The Balaban J connectivity index is 2.61. The summed E-state index contributed by atoms with van der Waals surface area (Å²) in [5.74, 6) is 0.591. The lowest BCUT2D eigenvalue weighted by atomic mass is 10.1. The van der Waals surface area contributed by atoms with Crippen LogP contribution in [0.25, 0.3) is 11.3 Å². The fourth-order valence-electron chi connectivity index (χ4n) is 2.14. The minimum Gasteiger partial charge on any atom is -0.495 e. The van der Waals surface area contributed by atoms with Gasteiger partial charge in [0, 0.05) is 12.1 Å². The molecule has 2 rings (SSSR count). The van der Waals surface area contributed by atoms with E-state index in [-0.39, 0.29) is 12.2 Å². The van der Waals surface area contributed by atoms with Crippen LogP contribution in [0.2, 0.25) is 5.02 Å². The van der Waals surface area contributed by atoms with Crippen LogP contribution in [0.5, 0.6) is 5.75 Å². The third kappa shape index (κ3) is 2.57. The minimum absolute atomic E-state index is 0.181. The second kappa shape index (κ2) is 6.11. The Kier molecular flexibility index (Phi) is 4.47. The summed E-state index contributed by atoms with van der Waals surface area (Å²) in [6.45, 7) is 2.14. The van der Waals surface area contributed by atoms with Crippen LogP contribution in [0.4, 0.5) is 0 Å². The smallest absolute Gasteiger partial charge is 0.256 e. The number of hydrogen-bond donors (Lipinski definition) is 1. The van der Waals surface area contributed by atoms with Gasteiger partial charge in [0.25, 0.3) is 5.56 Å². The van der Waals surface area contributed by atoms with Crippen LogP contribution in [0.3, 0.4) is 0 Å². The van der Waals surface area contributed by atoms with Gasteiger partial charge in [0.2, 0.25) is 0 Å². The Morgan fingerprint density at radius 3 is 2.60 bits per heavy atom. The fraction of sp³-hybridized carbons (Fsp3) is 0.267. The van der Waals surface area contributed by atoms with Crippen molar-refractivity contribution in [2.24, 2.45) is 0 Å². The van der Waals surface area contributed by atoms with Gasteiger partial charge in [-0.25, -0.2) is 0 Å². The van der Waals surface area contributed by atoms with E-state index < -0.39 is 0 Å². The van der Waals surface area contributed by atoms with Gasteiger partial charge in [-0.1, -0.05) is 11.6 Å². The zero-order valence-electron chi connectivity index (χ0n) is 11.4. The van der Waals surface area contributed by atoms with Crippen molar-refractivity contribution in [1.82, 2.24) is 4.57 Å². The maximum atomic E-state index is 12.2. The van der Waals surface area contributed by atoms with Crippen LogP contribution in [-0.4, -0.2) is 16.8 Å². The van der Waals surface area contributed by atoms with Gasteiger partial charge in [0.05, 0.1) is 24.4 Å². The molecule has 0 unspecified atom stereocenters. The molecule has 1 N–H and O–H groups in total. The average molecular weight is 294 g/mol. The molecule has 1 aromatic carbocycles.